The van der Waals surface area contributed by atoms with Crippen molar-refractivity contribution in [2.75, 3.05) is 13.1 Å². The number of carbonyl (C=O) groups excluding carboxylic acids is 1. The van der Waals surface area contributed by atoms with Gasteiger partial charge in [0.15, 0.2) is 5.82 Å². The molecule has 1 fully saturated rings. The molecule has 1 N–H and O–H groups in total. The van der Waals surface area contributed by atoms with Gasteiger partial charge in [-0.25, -0.2) is 9.67 Å². The molecule has 1 aromatic carbocycles. The van der Waals surface area contributed by atoms with Gasteiger partial charge in [0.25, 0.3) is 0 Å². The van der Waals surface area contributed by atoms with E-state index in [0.29, 0.717) is 23.6 Å². The lowest BCUT2D eigenvalue weighted by molar-refractivity contribution is -0.137. The van der Waals surface area contributed by atoms with Crippen molar-refractivity contribution in [3.05, 3.63) is 65.7 Å². The number of likely N-dealkylation sites (tertiary alicyclic amines) is 1. The molecule has 2 aromatic heterocycles. The Hall–Kier alpha value is -3.27. The normalized spacial score (nSPS) is 18.6. The van der Waals surface area contributed by atoms with Crippen LogP contribution in [-0.4, -0.2) is 49.2 Å². The van der Waals surface area contributed by atoms with E-state index in [4.69, 9.17) is 0 Å². The molecule has 2 aliphatic heterocycles. The molecule has 0 radical (unpaired) electrons. The molecule has 0 bridgehead atoms. The number of nitrogens with zero attached hydrogens (tertiary/aromatic N) is 5. The number of rotatable bonds is 3. The summed E-state index contributed by atoms with van der Waals surface area (Å²) in [4.78, 5) is 23.8. The standard InChI is InChI=1S/C23H23F3N6O/c24-23(25,26)18-5-3-17(4-6-18)21-28-19-12-22(29-20(33)15-32(19)30-21)7-10-31(11-8-22)14-16-2-1-9-27-13-16/h1-6,9,13H,7-8,10-12,14-15H2,(H,29,33). The summed E-state index contributed by atoms with van der Waals surface area (Å²) >= 11 is 0. The maximum Gasteiger partial charge on any atom is 0.416 e. The molecular weight excluding hydrogens is 433 g/mol. The van der Waals surface area contributed by atoms with E-state index in [1.165, 1.54) is 12.1 Å². The molecule has 0 aliphatic carbocycles. The van der Waals surface area contributed by atoms with Gasteiger partial charge in [0, 0.05) is 49.6 Å². The number of nitrogens with one attached hydrogen (secondary N) is 1. The van der Waals surface area contributed by atoms with Crippen molar-refractivity contribution >= 4 is 5.91 Å². The summed E-state index contributed by atoms with van der Waals surface area (Å²) in [5, 5.41) is 7.61. The lowest BCUT2D eigenvalue weighted by Gasteiger charge is -2.41. The highest BCUT2D eigenvalue weighted by molar-refractivity contribution is 5.77. The van der Waals surface area contributed by atoms with Gasteiger partial charge >= 0.3 is 6.18 Å². The van der Waals surface area contributed by atoms with E-state index in [1.54, 1.807) is 10.9 Å². The summed E-state index contributed by atoms with van der Waals surface area (Å²) in [6.45, 7) is 2.51. The van der Waals surface area contributed by atoms with Gasteiger partial charge in [-0.1, -0.05) is 18.2 Å². The maximum absolute atomic E-state index is 12.9. The highest BCUT2D eigenvalue weighted by Gasteiger charge is 2.40. The number of alkyl halides is 3. The average Bonchev–Trinajstić information content (AvgIpc) is 3.11. The Balaban J connectivity index is 1.32. The number of halogens is 3. The molecule has 1 amide bonds. The van der Waals surface area contributed by atoms with Crippen LogP contribution in [0, 0.1) is 0 Å². The van der Waals surface area contributed by atoms with Crippen molar-refractivity contribution in [1.29, 1.82) is 0 Å². The first-order valence-electron chi connectivity index (χ1n) is 10.8. The van der Waals surface area contributed by atoms with Crippen LogP contribution in [0.5, 0.6) is 0 Å². The Morgan fingerprint density at radius 2 is 1.85 bits per heavy atom. The topological polar surface area (TPSA) is 75.9 Å². The molecule has 0 saturated carbocycles. The lowest BCUT2D eigenvalue weighted by Crippen LogP contribution is -2.56. The molecule has 172 valence electrons. The van der Waals surface area contributed by atoms with E-state index in [0.717, 1.165) is 50.2 Å². The SMILES string of the molecule is O=C1Cn2nc(-c3ccc(C(F)(F)F)cc3)nc2CC2(CCN(Cc3cccnc3)CC2)N1. The van der Waals surface area contributed by atoms with Gasteiger partial charge in [0.05, 0.1) is 5.56 Å². The Bertz CT molecular complexity index is 1140. The van der Waals surface area contributed by atoms with Gasteiger partial charge in [-0.15, -0.1) is 0 Å². The van der Waals surface area contributed by atoms with Crippen LogP contribution < -0.4 is 5.32 Å². The van der Waals surface area contributed by atoms with Crippen molar-refractivity contribution in [1.82, 2.24) is 30.0 Å². The Labute approximate surface area is 188 Å². The molecule has 0 atom stereocenters. The third kappa shape index (κ3) is 4.61. The van der Waals surface area contributed by atoms with Crippen molar-refractivity contribution in [2.24, 2.45) is 0 Å². The summed E-state index contributed by atoms with van der Waals surface area (Å²) in [5.74, 6) is 0.875. The molecule has 1 spiro atoms. The van der Waals surface area contributed by atoms with Crippen LogP contribution in [0.2, 0.25) is 0 Å². The van der Waals surface area contributed by atoms with Crippen molar-refractivity contribution < 1.29 is 18.0 Å². The summed E-state index contributed by atoms with van der Waals surface area (Å²) in [6.07, 6.45) is 1.32. The molecule has 3 aromatic rings. The predicted octanol–water partition coefficient (Wildman–Crippen LogP) is 3.07. The number of amides is 1. The molecular formula is C23H23F3N6O. The second kappa shape index (κ2) is 8.26. The van der Waals surface area contributed by atoms with Crippen LogP contribution in [0.3, 0.4) is 0 Å². The van der Waals surface area contributed by atoms with Crippen LogP contribution in [0.1, 0.15) is 29.8 Å². The van der Waals surface area contributed by atoms with Gasteiger partial charge in [-0.2, -0.15) is 18.3 Å². The van der Waals surface area contributed by atoms with Gasteiger partial charge in [0.1, 0.15) is 12.4 Å². The number of piperidine rings is 1. The number of hydrogen-bond acceptors (Lipinski definition) is 5. The van der Waals surface area contributed by atoms with E-state index in [9.17, 15) is 18.0 Å². The summed E-state index contributed by atoms with van der Waals surface area (Å²) < 4.78 is 40.2. The van der Waals surface area contributed by atoms with Crippen LogP contribution >= 0.6 is 0 Å². The fourth-order valence-electron chi connectivity index (χ4n) is 4.57. The van der Waals surface area contributed by atoms with Crippen molar-refractivity contribution in [2.45, 2.75) is 44.1 Å². The minimum atomic E-state index is -4.40. The first kappa shape index (κ1) is 21.6. The van der Waals surface area contributed by atoms with Gasteiger partial charge in [0.2, 0.25) is 5.91 Å². The third-order valence-electron chi connectivity index (χ3n) is 6.36. The number of hydrogen-bond donors (Lipinski definition) is 1. The third-order valence-corrected chi connectivity index (χ3v) is 6.36. The highest BCUT2D eigenvalue weighted by atomic mass is 19.4. The van der Waals surface area contributed by atoms with Crippen LogP contribution in [-0.2, 0) is 30.5 Å². The maximum atomic E-state index is 12.9. The van der Waals surface area contributed by atoms with E-state index in [-0.39, 0.29) is 12.5 Å². The Morgan fingerprint density at radius 1 is 1.09 bits per heavy atom. The smallest absolute Gasteiger partial charge is 0.349 e. The second-order valence-corrected chi connectivity index (χ2v) is 8.73. The Morgan fingerprint density at radius 3 is 2.52 bits per heavy atom. The monoisotopic (exact) mass is 456 g/mol. The average molecular weight is 456 g/mol. The van der Waals surface area contributed by atoms with Crippen LogP contribution in [0.15, 0.2) is 48.8 Å². The lowest BCUT2D eigenvalue weighted by atomic mass is 9.84. The zero-order valence-corrected chi connectivity index (χ0v) is 17.8. The van der Waals surface area contributed by atoms with Gasteiger partial charge in [-0.3, -0.25) is 14.7 Å². The molecule has 33 heavy (non-hydrogen) atoms. The minimum absolute atomic E-state index is 0.0458. The van der Waals surface area contributed by atoms with E-state index < -0.39 is 17.3 Å². The van der Waals surface area contributed by atoms with Crippen LogP contribution in [0.4, 0.5) is 13.2 Å². The van der Waals surface area contributed by atoms with E-state index in [2.05, 4.69) is 31.3 Å². The number of benzene rings is 1. The first-order valence-corrected chi connectivity index (χ1v) is 10.8. The second-order valence-electron chi connectivity index (χ2n) is 8.73. The van der Waals surface area contributed by atoms with Crippen molar-refractivity contribution in [3.63, 3.8) is 0 Å². The fraction of sp³-hybridized carbons (Fsp3) is 0.391. The predicted molar refractivity (Wildman–Crippen MR) is 114 cm³/mol. The van der Waals surface area contributed by atoms with Crippen LogP contribution in [0.25, 0.3) is 11.4 Å². The highest BCUT2D eigenvalue weighted by Crippen LogP contribution is 2.32. The summed E-state index contributed by atoms with van der Waals surface area (Å²) in [7, 11) is 0. The largest absolute Gasteiger partial charge is 0.416 e. The number of fused-ring (bicyclic) bond motifs is 1. The molecule has 4 heterocycles. The molecule has 5 rings (SSSR count). The molecule has 2 aliphatic rings. The molecule has 0 unspecified atom stereocenters. The van der Waals surface area contributed by atoms with E-state index >= 15 is 0 Å². The number of pyridine rings is 1. The summed E-state index contributed by atoms with van der Waals surface area (Å²) in [6, 6.07) is 8.75. The zero-order valence-electron chi connectivity index (χ0n) is 17.8. The Kier molecular flexibility index (Phi) is 5.40. The number of carbonyl (C=O) groups is 1. The molecule has 1 saturated heterocycles. The summed E-state index contributed by atoms with van der Waals surface area (Å²) in [5.41, 5.74) is 0.522. The van der Waals surface area contributed by atoms with Crippen molar-refractivity contribution in [3.8, 4) is 11.4 Å². The van der Waals surface area contributed by atoms with Gasteiger partial charge < -0.3 is 5.32 Å². The first-order chi connectivity index (χ1) is 15.8. The molecule has 7 nitrogen and oxygen atoms in total. The quantitative estimate of drug-likeness (QED) is 0.656. The molecule has 10 heteroatoms. The van der Waals surface area contributed by atoms with Gasteiger partial charge in [-0.05, 0) is 36.6 Å². The zero-order chi connectivity index (χ0) is 23.1. The fourth-order valence-corrected chi connectivity index (χ4v) is 4.57. The minimum Gasteiger partial charge on any atom is -0.349 e. The van der Waals surface area contributed by atoms with E-state index in [1.807, 2.05) is 12.3 Å². The number of aromatic nitrogens is 4.